The molecule has 1 aromatic rings. The first kappa shape index (κ1) is 14.2. The smallest absolute Gasteiger partial charge is 0.0671 e. The van der Waals surface area contributed by atoms with Crippen molar-refractivity contribution in [1.82, 2.24) is 5.32 Å². The van der Waals surface area contributed by atoms with Crippen molar-refractivity contribution < 1.29 is 4.74 Å². The Balaban J connectivity index is 2.54. The molecule has 0 amide bonds. The highest BCUT2D eigenvalue weighted by atomic mass is 16.5. The second kappa shape index (κ2) is 6.77. The first-order valence-electron chi connectivity index (χ1n) is 6.46. The highest BCUT2D eigenvalue weighted by molar-refractivity contribution is 5.32. The van der Waals surface area contributed by atoms with E-state index in [0.29, 0.717) is 6.04 Å². The van der Waals surface area contributed by atoms with Crippen molar-refractivity contribution in [1.29, 1.82) is 0 Å². The third-order valence-electron chi connectivity index (χ3n) is 3.05. The highest BCUT2D eigenvalue weighted by Crippen LogP contribution is 2.18. The van der Waals surface area contributed by atoms with Crippen LogP contribution in [0.5, 0.6) is 0 Å². The minimum Gasteiger partial charge on any atom is -0.377 e. The number of rotatable bonds is 6. The van der Waals surface area contributed by atoms with Crippen LogP contribution in [-0.4, -0.2) is 19.3 Å². The van der Waals surface area contributed by atoms with Gasteiger partial charge in [0.15, 0.2) is 0 Å². The molecule has 0 aliphatic heterocycles. The van der Waals surface area contributed by atoms with Gasteiger partial charge in [0, 0.05) is 19.2 Å². The summed E-state index contributed by atoms with van der Waals surface area (Å²) in [5, 5.41) is 3.52. The largest absolute Gasteiger partial charge is 0.377 e. The maximum absolute atomic E-state index is 5.51. The van der Waals surface area contributed by atoms with Gasteiger partial charge in [-0.15, -0.1) is 0 Å². The van der Waals surface area contributed by atoms with Gasteiger partial charge in [-0.3, -0.25) is 0 Å². The zero-order valence-electron chi connectivity index (χ0n) is 11.7. The molecular formula is C15H25NO. The molecular weight excluding hydrogens is 210 g/mol. The Morgan fingerprint density at radius 2 is 1.94 bits per heavy atom. The van der Waals surface area contributed by atoms with Crippen molar-refractivity contribution in [2.24, 2.45) is 0 Å². The molecule has 2 heteroatoms. The van der Waals surface area contributed by atoms with Crippen molar-refractivity contribution in [3.05, 3.63) is 34.9 Å². The minimum atomic E-state index is 0.271. The zero-order valence-corrected chi connectivity index (χ0v) is 11.7. The lowest BCUT2D eigenvalue weighted by Gasteiger charge is -2.20. The number of hydrogen-bond donors (Lipinski definition) is 1. The molecule has 2 atom stereocenters. The number of benzene rings is 1. The van der Waals surface area contributed by atoms with Gasteiger partial charge in [0.25, 0.3) is 0 Å². The normalized spacial score (nSPS) is 14.6. The fraction of sp³-hybridized carbons (Fsp3) is 0.600. The van der Waals surface area contributed by atoms with Crippen LogP contribution < -0.4 is 5.32 Å². The summed E-state index contributed by atoms with van der Waals surface area (Å²) >= 11 is 0. The quantitative estimate of drug-likeness (QED) is 0.816. The predicted octanol–water partition coefficient (Wildman–Crippen LogP) is 3.38. The minimum absolute atomic E-state index is 0.271. The SMILES string of the molecule is CCOC(C)CNC(C)c1ccc(C)cc1C. The number of hydrogen-bond acceptors (Lipinski definition) is 2. The standard InChI is InChI=1S/C15H25NO/c1-6-17-13(4)10-16-14(5)15-8-7-11(2)9-12(15)3/h7-9,13-14,16H,6,10H2,1-5H3. The van der Waals surface area contributed by atoms with E-state index in [1.54, 1.807) is 0 Å². The first-order valence-corrected chi connectivity index (χ1v) is 6.46. The second-order valence-electron chi connectivity index (χ2n) is 4.76. The maximum Gasteiger partial charge on any atom is 0.0671 e. The Hall–Kier alpha value is -0.860. The fourth-order valence-corrected chi connectivity index (χ4v) is 2.11. The summed E-state index contributed by atoms with van der Waals surface area (Å²) in [6.07, 6.45) is 0.271. The topological polar surface area (TPSA) is 21.3 Å². The molecule has 0 fully saturated rings. The van der Waals surface area contributed by atoms with Crippen LogP contribution in [0.15, 0.2) is 18.2 Å². The third kappa shape index (κ3) is 4.49. The molecule has 0 bridgehead atoms. The van der Waals surface area contributed by atoms with Crippen LogP contribution in [0.25, 0.3) is 0 Å². The Labute approximate surface area is 105 Å². The van der Waals surface area contributed by atoms with Crippen molar-refractivity contribution in [3.8, 4) is 0 Å². The molecule has 0 spiro atoms. The van der Waals surface area contributed by atoms with Gasteiger partial charge in [-0.2, -0.15) is 0 Å². The predicted molar refractivity (Wildman–Crippen MR) is 73.4 cm³/mol. The van der Waals surface area contributed by atoms with Crippen molar-refractivity contribution >= 4 is 0 Å². The Morgan fingerprint density at radius 3 is 2.53 bits per heavy atom. The van der Waals surface area contributed by atoms with Gasteiger partial charge in [-0.25, -0.2) is 0 Å². The van der Waals surface area contributed by atoms with Crippen LogP contribution >= 0.6 is 0 Å². The molecule has 0 saturated heterocycles. The van der Waals surface area contributed by atoms with E-state index in [0.717, 1.165) is 13.2 Å². The van der Waals surface area contributed by atoms with Crippen LogP contribution in [0.2, 0.25) is 0 Å². The number of nitrogens with one attached hydrogen (secondary N) is 1. The molecule has 0 aliphatic rings. The van der Waals surface area contributed by atoms with E-state index >= 15 is 0 Å². The summed E-state index contributed by atoms with van der Waals surface area (Å²) in [6, 6.07) is 7.00. The van der Waals surface area contributed by atoms with Gasteiger partial charge in [0.1, 0.15) is 0 Å². The monoisotopic (exact) mass is 235 g/mol. The molecule has 0 radical (unpaired) electrons. The van der Waals surface area contributed by atoms with Crippen molar-refractivity contribution in [2.75, 3.05) is 13.2 Å². The third-order valence-corrected chi connectivity index (χ3v) is 3.05. The van der Waals surface area contributed by atoms with Crippen LogP contribution in [0.3, 0.4) is 0 Å². The molecule has 2 unspecified atom stereocenters. The fourth-order valence-electron chi connectivity index (χ4n) is 2.11. The first-order chi connectivity index (χ1) is 8.04. The van der Waals surface area contributed by atoms with Gasteiger partial charge in [0.2, 0.25) is 0 Å². The Morgan fingerprint density at radius 1 is 1.24 bits per heavy atom. The average molecular weight is 235 g/mol. The van der Waals surface area contributed by atoms with E-state index in [9.17, 15) is 0 Å². The maximum atomic E-state index is 5.51. The van der Waals surface area contributed by atoms with Gasteiger partial charge in [0.05, 0.1) is 6.10 Å². The van der Waals surface area contributed by atoms with Crippen LogP contribution in [-0.2, 0) is 4.74 Å². The van der Waals surface area contributed by atoms with Gasteiger partial charge >= 0.3 is 0 Å². The van der Waals surface area contributed by atoms with E-state index in [2.05, 4.69) is 51.2 Å². The average Bonchev–Trinajstić information content (AvgIpc) is 2.26. The van der Waals surface area contributed by atoms with Gasteiger partial charge in [-0.1, -0.05) is 23.8 Å². The molecule has 96 valence electrons. The molecule has 0 aromatic heterocycles. The molecule has 1 N–H and O–H groups in total. The van der Waals surface area contributed by atoms with E-state index < -0.39 is 0 Å². The lowest BCUT2D eigenvalue weighted by Crippen LogP contribution is -2.29. The van der Waals surface area contributed by atoms with E-state index in [4.69, 9.17) is 4.74 Å². The van der Waals surface area contributed by atoms with E-state index in [-0.39, 0.29) is 6.10 Å². The molecule has 0 heterocycles. The summed E-state index contributed by atoms with van der Waals surface area (Å²) in [5.74, 6) is 0. The van der Waals surface area contributed by atoms with Crippen LogP contribution in [0.1, 0.15) is 43.5 Å². The van der Waals surface area contributed by atoms with Crippen LogP contribution in [0.4, 0.5) is 0 Å². The lowest BCUT2D eigenvalue weighted by molar-refractivity contribution is 0.0743. The molecule has 1 aromatic carbocycles. The number of aryl methyl sites for hydroxylation is 2. The second-order valence-corrected chi connectivity index (χ2v) is 4.76. The lowest BCUT2D eigenvalue weighted by atomic mass is 10.0. The summed E-state index contributed by atoms with van der Waals surface area (Å²) in [4.78, 5) is 0. The molecule has 17 heavy (non-hydrogen) atoms. The Bertz CT molecular complexity index is 349. The molecule has 0 saturated carbocycles. The molecule has 1 rings (SSSR count). The van der Waals surface area contributed by atoms with E-state index in [1.165, 1.54) is 16.7 Å². The van der Waals surface area contributed by atoms with Crippen molar-refractivity contribution in [2.45, 2.75) is 46.8 Å². The highest BCUT2D eigenvalue weighted by Gasteiger charge is 2.09. The van der Waals surface area contributed by atoms with Crippen LogP contribution in [0, 0.1) is 13.8 Å². The summed E-state index contributed by atoms with van der Waals surface area (Å²) in [7, 11) is 0. The van der Waals surface area contributed by atoms with Gasteiger partial charge in [-0.05, 0) is 45.7 Å². The van der Waals surface area contributed by atoms with Gasteiger partial charge < -0.3 is 10.1 Å². The summed E-state index contributed by atoms with van der Waals surface area (Å²) < 4.78 is 5.51. The van der Waals surface area contributed by atoms with E-state index in [1.807, 2.05) is 6.92 Å². The summed E-state index contributed by atoms with van der Waals surface area (Å²) in [5.41, 5.74) is 4.05. The molecule has 0 aliphatic carbocycles. The summed E-state index contributed by atoms with van der Waals surface area (Å²) in [6.45, 7) is 12.3. The Kier molecular flexibility index (Phi) is 5.66. The number of ether oxygens (including phenoxy) is 1. The molecule has 2 nitrogen and oxygen atoms in total. The zero-order chi connectivity index (χ0) is 12.8. The van der Waals surface area contributed by atoms with Crippen molar-refractivity contribution in [3.63, 3.8) is 0 Å².